The first-order valence-corrected chi connectivity index (χ1v) is 11.8. The predicted molar refractivity (Wildman–Crippen MR) is 132 cm³/mol. The topological polar surface area (TPSA) is 61.8 Å². The van der Waals surface area contributed by atoms with E-state index in [-0.39, 0.29) is 0 Å². The van der Waals surface area contributed by atoms with Crippen molar-refractivity contribution < 1.29 is 23.8 Å². The molecule has 3 aromatic rings. The second-order valence-corrected chi connectivity index (χ2v) is 8.29. The van der Waals surface area contributed by atoms with Crippen LogP contribution in [0.1, 0.15) is 52.1 Å². The molecule has 0 radical (unpaired) electrons. The Morgan fingerprint density at radius 3 is 2.06 bits per heavy atom. The van der Waals surface area contributed by atoms with Gasteiger partial charge in [-0.1, -0.05) is 41.6 Å². The van der Waals surface area contributed by atoms with Crippen molar-refractivity contribution >= 4 is 21.2 Å². The molecule has 0 bridgehead atoms. The maximum atomic E-state index is 12.6. The highest BCUT2D eigenvalue weighted by atomic mass is 31.0. The molecule has 3 rings (SSSR count). The van der Waals surface area contributed by atoms with Crippen LogP contribution in [0.25, 0.3) is 0 Å². The lowest BCUT2D eigenvalue weighted by atomic mass is 9.99. The lowest BCUT2D eigenvalue weighted by Gasteiger charge is -2.11. The highest BCUT2D eigenvalue weighted by Gasteiger charge is 2.14. The van der Waals surface area contributed by atoms with E-state index in [2.05, 4.69) is 23.1 Å². The maximum Gasteiger partial charge on any atom is 0.343 e. The second-order valence-electron chi connectivity index (χ2n) is 7.96. The van der Waals surface area contributed by atoms with Crippen molar-refractivity contribution in [3.63, 3.8) is 0 Å². The zero-order valence-corrected chi connectivity index (χ0v) is 20.3. The van der Waals surface area contributed by atoms with Gasteiger partial charge in [-0.25, -0.2) is 9.59 Å². The third-order valence-electron chi connectivity index (χ3n) is 5.37. The quantitative estimate of drug-likeness (QED) is 0.213. The predicted octanol–water partition coefficient (Wildman–Crippen LogP) is 6.23. The zero-order chi connectivity index (χ0) is 23.8. The van der Waals surface area contributed by atoms with Gasteiger partial charge < -0.3 is 14.2 Å². The van der Waals surface area contributed by atoms with Crippen LogP contribution in [0.3, 0.4) is 0 Å². The van der Waals surface area contributed by atoms with Gasteiger partial charge in [-0.15, -0.1) is 0 Å². The standard InChI is InChI=1S/C27H29O5P/c1-4-18(2)15-20-5-10-24(11-6-20)31-27(29)22-9-14-25(19(3)16-22)32-26(28)21-7-12-23(13-8-21)30-17-33/h5-14,16,18H,4,15,17,33H2,1-3H3. The number of rotatable bonds is 9. The molecular formula is C27H29O5P. The number of carbonyl (C=O) groups is 2. The first-order valence-electron chi connectivity index (χ1n) is 11.0. The fraction of sp³-hybridized carbons (Fsp3) is 0.259. The van der Waals surface area contributed by atoms with Crippen molar-refractivity contribution in [2.75, 3.05) is 6.35 Å². The molecule has 0 fully saturated rings. The van der Waals surface area contributed by atoms with Gasteiger partial charge in [0, 0.05) is 0 Å². The maximum absolute atomic E-state index is 12.6. The van der Waals surface area contributed by atoms with Crippen molar-refractivity contribution in [1.29, 1.82) is 0 Å². The molecule has 0 amide bonds. The van der Waals surface area contributed by atoms with Crippen molar-refractivity contribution in [2.24, 2.45) is 5.92 Å². The first kappa shape index (κ1) is 24.5. The molecule has 0 aliphatic rings. The molecule has 33 heavy (non-hydrogen) atoms. The Labute approximate surface area is 197 Å². The molecule has 172 valence electrons. The summed E-state index contributed by atoms with van der Waals surface area (Å²) in [6.07, 6.45) is 2.60. The van der Waals surface area contributed by atoms with Gasteiger partial charge in [-0.2, -0.15) is 0 Å². The van der Waals surface area contributed by atoms with E-state index < -0.39 is 11.9 Å². The Morgan fingerprint density at radius 2 is 1.45 bits per heavy atom. The van der Waals surface area contributed by atoms with Gasteiger partial charge in [0.25, 0.3) is 0 Å². The van der Waals surface area contributed by atoms with Crippen LogP contribution >= 0.6 is 9.24 Å². The largest absolute Gasteiger partial charge is 0.490 e. The van der Waals surface area contributed by atoms with Crippen LogP contribution < -0.4 is 14.2 Å². The van der Waals surface area contributed by atoms with E-state index in [0.29, 0.717) is 46.2 Å². The lowest BCUT2D eigenvalue weighted by molar-refractivity contribution is 0.0730. The highest BCUT2D eigenvalue weighted by molar-refractivity contribution is 7.16. The molecule has 0 aromatic heterocycles. The third kappa shape index (κ3) is 6.90. The van der Waals surface area contributed by atoms with Gasteiger partial charge in [0.15, 0.2) is 0 Å². The van der Waals surface area contributed by atoms with Crippen molar-refractivity contribution in [1.82, 2.24) is 0 Å². The molecule has 0 N–H and O–H groups in total. The minimum Gasteiger partial charge on any atom is -0.490 e. The molecule has 3 aromatic carbocycles. The zero-order valence-electron chi connectivity index (χ0n) is 19.2. The van der Waals surface area contributed by atoms with Crippen LogP contribution in [-0.2, 0) is 6.42 Å². The van der Waals surface area contributed by atoms with Crippen molar-refractivity contribution in [3.8, 4) is 17.2 Å². The molecule has 0 heterocycles. The molecule has 5 nitrogen and oxygen atoms in total. The van der Waals surface area contributed by atoms with E-state index in [0.717, 1.165) is 12.8 Å². The number of benzene rings is 3. The summed E-state index contributed by atoms with van der Waals surface area (Å²) in [5.74, 6) is 1.22. The third-order valence-corrected chi connectivity index (χ3v) is 5.53. The summed E-state index contributed by atoms with van der Waals surface area (Å²) in [5, 5.41) is 0. The molecule has 2 unspecified atom stereocenters. The number of aryl methyl sites for hydroxylation is 1. The molecule has 0 saturated carbocycles. The SMILES string of the molecule is CCC(C)Cc1ccc(OC(=O)c2ccc(OC(=O)c3ccc(OCP)cc3)c(C)c2)cc1. The smallest absolute Gasteiger partial charge is 0.343 e. The summed E-state index contributed by atoms with van der Waals surface area (Å²) >= 11 is 0. The van der Waals surface area contributed by atoms with Crippen molar-refractivity contribution in [2.45, 2.75) is 33.6 Å². The molecule has 0 aliphatic carbocycles. The fourth-order valence-electron chi connectivity index (χ4n) is 3.24. The summed E-state index contributed by atoms with van der Waals surface area (Å²) in [6, 6.07) is 19.2. The Balaban J connectivity index is 1.62. The normalized spacial score (nSPS) is 11.5. The molecule has 0 spiro atoms. The summed E-state index contributed by atoms with van der Waals surface area (Å²) in [6.45, 7) is 6.17. The molecule has 0 aliphatic heterocycles. The average Bonchev–Trinajstić information content (AvgIpc) is 2.82. The van der Waals surface area contributed by atoms with E-state index in [1.54, 1.807) is 49.4 Å². The number of hydrogen-bond donors (Lipinski definition) is 0. The molecule has 2 atom stereocenters. The molecule has 0 saturated heterocycles. The first-order chi connectivity index (χ1) is 15.9. The average molecular weight is 464 g/mol. The lowest BCUT2D eigenvalue weighted by Crippen LogP contribution is -2.11. The summed E-state index contributed by atoms with van der Waals surface area (Å²) < 4.78 is 16.4. The van der Waals surface area contributed by atoms with E-state index in [4.69, 9.17) is 14.2 Å². The van der Waals surface area contributed by atoms with Crippen LogP contribution in [0.5, 0.6) is 17.2 Å². The monoisotopic (exact) mass is 464 g/mol. The van der Waals surface area contributed by atoms with Gasteiger partial charge in [-0.3, -0.25) is 0 Å². The van der Waals surface area contributed by atoms with E-state index in [1.165, 1.54) is 5.56 Å². The van der Waals surface area contributed by atoms with Crippen molar-refractivity contribution in [3.05, 3.63) is 89.0 Å². The Morgan fingerprint density at radius 1 is 0.848 bits per heavy atom. The Bertz CT molecular complexity index is 1090. The van der Waals surface area contributed by atoms with Crippen LogP contribution in [-0.4, -0.2) is 18.3 Å². The number of esters is 2. The van der Waals surface area contributed by atoms with Gasteiger partial charge in [0.1, 0.15) is 23.6 Å². The van der Waals surface area contributed by atoms with Gasteiger partial charge in [0.05, 0.1) is 11.1 Å². The second kappa shape index (κ2) is 11.6. The van der Waals surface area contributed by atoms with E-state index in [9.17, 15) is 9.59 Å². The fourth-order valence-corrected chi connectivity index (χ4v) is 3.43. The van der Waals surface area contributed by atoms with Crippen LogP contribution in [0.4, 0.5) is 0 Å². The van der Waals surface area contributed by atoms with Crippen LogP contribution in [0, 0.1) is 12.8 Å². The molecule has 6 heteroatoms. The van der Waals surface area contributed by atoms with Gasteiger partial charge >= 0.3 is 11.9 Å². The molecular weight excluding hydrogens is 435 g/mol. The van der Waals surface area contributed by atoms with Gasteiger partial charge in [-0.05, 0) is 85.0 Å². The summed E-state index contributed by atoms with van der Waals surface area (Å²) in [4.78, 5) is 25.0. The highest BCUT2D eigenvalue weighted by Crippen LogP contribution is 2.23. The van der Waals surface area contributed by atoms with Crippen LogP contribution in [0.15, 0.2) is 66.7 Å². The summed E-state index contributed by atoms with van der Waals surface area (Å²) in [5.41, 5.74) is 2.67. The Hall–Kier alpha value is -3.17. The summed E-state index contributed by atoms with van der Waals surface area (Å²) in [7, 11) is 2.47. The Kier molecular flexibility index (Phi) is 8.62. The number of hydrogen-bond acceptors (Lipinski definition) is 5. The van der Waals surface area contributed by atoms with Gasteiger partial charge in [0.2, 0.25) is 0 Å². The number of carbonyl (C=O) groups excluding carboxylic acids is 2. The van der Waals surface area contributed by atoms with Crippen LogP contribution in [0.2, 0.25) is 0 Å². The van der Waals surface area contributed by atoms with E-state index >= 15 is 0 Å². The minimum absolute atomic E-state index is 0.384. The van der Waals surface area contributed by atoms with E-state index in [1.807, 2.05) is 24.3 Å². The number of ether oxygens (including phenoxy) is 3. The minimum atomic E-state index is -0.483.